The highest BCUT2D eigenvalue weighted by Crippen LogP contribution is 2.58. The molecule has 0 bridgehead atoms. The number of amides is 1. The van der Waals surface area contributed by atoms with Crippen LogP contribution in [0.1, 0.15) is 56.0 Å². The first kappa shape index (κ1) is 18.7. The monoisotopic (exact) mass is 414 g/mol. The van der Waals surface area contributed by atoms with Crippen molar-refractivity contribution in [2.45, 2.75) is 44.6 Å². The van der Waals surface area contributed by atoms with Gasteiger partial charge >= 0.3 is 0 Å². The van der Waals surface area contributed by atoms with Crippen LogP contribution >= 0.6 is 0 Å². The summed E-state index contributed by atoms with van der Waals surface area (Å²) in [6.45, 7) is 0. The summed E-state index contributed by atoms with van der Waals surface area (Å²) in [6, 6.07) is 2.61. The summed E-state index contributed by atoms with van der Waals surface area (Å²) in [5.74, 6) is 4.56. The Bertz CT molecular complexity index is 1080. The van der Waals surface area contributed by atoms with Crippen molar-refractivity contribution < 1.29 is 4.79 Å². The van der Waals surface area contributed by atoms with Crippen molar-refractivity contribution in [3.8, 4) is 6.07 Å². The van der Waals surface area contributed by atoms with Crippen LogP contribution in [-0.2, 0) is 4.79 Å². The predicted molar refractivity (Wildman–Crippen MR) is 114 cm³/mol. The number of hydrogen-bond donors (Lipinski definition) is 1. The van der Waals surface area contributed by atoms with Crippen LogP contribution in [0.3, 0.4) is 0 Å². The fraction of sp³-hybridized carbons (Fsp3) is 0.542. The number of nitrogens with one attached hydrogen (secondary N) is 1. The number of imidazole rings is 1. The summed E-state index contributed by atoms with van der Waals surface area (Å²) in [6.07, 6.45) is 18.3. The molecule has 0 radical (unpaired) electrons. The molecular formula is C24H26N6O. The average molecular weight is 415 g/mol. The van der Waals surface area contributed by atoms with E-state index in [0.29, 0.717) is 47.0 Å². The van der Waals surface area contributed by atoms with Crippen molar-refractivity contribution in [3.63, 3.8) is 0 Å². The zero-order valence-corrected chi connectivity index (χ0v) is 17.4. The lowest BCUT2D eigenvalue weighted by molar-refractivity contribution is -0.122. The molecule has 1 unspecified atom stereocenters. The van der Waals surface area contributed by atoms with Crippen LogP contribution in [0.4, 0.5) is 5.82 Å². The Labute approximate surface area is 181 Å². The molecule has 2 aromatic heterocycles. The smallest absolute Gasteiger partial charge is 0.228 e. The van der Waals surface area contributed by atoms with E-state index in [1.54, 1.807) is 0 Å². The van der Waals surface area contributed by atoms with E-state index in [1.807, 2.05) is 6.20 Å². The lowest BCUT2D eigenvalue weighted by atomic mass is 9.56. The van der Waals surface area contributed by atoms with Gasteiger partial charge in [0.05, 0.1) is 6.20 Å². The quantitative estimate of drug-likeness (QED) is 0.806. The van der Waals surface area contributed by atoms with E-state index in [0.717, 1.165) is 25.1 Å². The predicted octanol–water partition coefficient (Wildman–Crippen LogP) is 3.83. The number of fused-ring (bicyclic) bond motifs is 7. The van der Waals surface area contributed by atoms with Gasteiger partial charge in [-0.05, 0) is 68.3 Å². The number of aromatic nitrogens is 4. The summed E-state index contributed by atoms with van der Waals surface area (Å²) < 4.78 is 2.38. The second-order valence-corrected chi connectivity index (χ2v) is 9.58. The Morgan fingerprint density at radius 2 is 1.87 bits per heavy atom. The highest BCUT2D eigenvalue weighted by molar-refractivity contribution is 5.93. The maximum Gasteiger partial charge on any atom is 0.228 e. The molecule has 7 atom stereocenters. The molecule has 0 aromatic carbocycles. The van der Waals surface area contributed by atoms with Crippen molar-refractivity contribution in [2.24, 2.45) is 35.5 Å². The standard InChI is InChI=1S/C24H26N6O/c25-11-14-12-26-13-28-23(14)29-24(31)20-4-3-15-16-5-7-21-19(17(16)1-2-18(15)20)6-8-22-27-9-10-30(21)22/h6,8-10,12-13,15-21H,1-5,7H2,(H,26,28,29,31)/t15-,16-,17-,18-,19+,20+,21?/m0/s1. The van der Waals surface area contributed by atoms with Gasteiger partial charge in [0, 0.05) is 30.3 Å². The average Bonchev–Trinajstić information content (AvgIpc) is 3.46. The summed E-state index contributed by atoms with van der Waals surface area (Å²) in [5, 5.41) is 12.2. The van der Waals surface area contributed by atoms with Gasteiger partial charge in [-0.1, -0.05) is 6.08 Å². The van der Waals surface area contributed by atoms with E-state index in [2.05, 4.69) is 49.3 Å². The van der Waals surface area contributed by atoms with Crippen LogP contribution in [0.15, 0.2) is 31.0 Å². The molecule has 3 aliphatic carbocycles. The molecule has 1 N–H and O–H groups in total. The molecular weight excluding hydrogens is 388 g/mol. The molecule has 0 spiro atoms. The summed E-state index contributed by atoms with van der Waals surface area (Å²) in [4.78, 5) is 25.6. The Morgan fingerprint density at radius 1 is 1.06 bits per heavy atom. The lowest BCUT2D eigenvalue weighted by Crippen LogP contribution is -2.44. The third-order valence-corrected chi connectivity index (χ3v) is 8.48. The number of carbonyl (C=O) groups excluding carboxylic acids is 1. The minimum atomic E-state index is 0.0207. The van der Waals surface area contributed by atoms with Crippen molar-refractivity contribution in [2.75, 3.05) is 5.32 Å². The van der Waals surface area contributed by atoms with E-state index >= 15 is 0 Å². The van der Waals surface area contributed by atoms with Gasteiger partial charge in [-0.3, -0.25) is 4.79 Å². The number of carbonyl (C=O) groups is 1. The Kier molecular flexibility index (Phi) is 4.41. The van der Waals surface area contributed by atoms with Crippen LogP contribution in [0.5, 0.6) is 0 Å². The maximum absolute atomic E-state index is 13.1. The second-order valence-electron chi connectivity index (χ2n) is 9.58. The van der Waals surface area contributed by atoms with Crippen LogP contribution in [0.2, 0.25) is 0 Å². The van der Waals surface area contributed by atoms with Gasteiger partial charge in [0.1, 0.15) is 23.8 Å². The SMILES string of the molecule is N#Cc1cncnc1NC(=O)[C@@H]1CC[C@H]2[C@@H]3CCC4[C@H](C=Cc5nccn54)[C@H]3CC[C@@H]21. The van der Waals surface area contributed by atoms with Gasteiger partial charge in [-0.2, -0.15) is 5.26 Å². The fourth-order valence-electron chi connectivity index (χ4n) is 7.28. The molecule has 31 heavy (non-hydrogen) atoms. The number of nitrogens with zero attached hydrogens (tertiary/aromatic N) is 5. The van der Waals surface area contributed by atoms with Crippen LogP contribution in [-0.4, -0.2) is 25.4 Å². The van der Waals surface area contributed by atoms with Gasteiger partial charge in [-0.25, -0.2) is 15.0 Å². The van der Waals surface area contributed by atoms with E-state index in [9.17, 15) is 10.1 Å². The number of allylic oxidation sites excluding steroid dienone is 1. The van der Waals surface area contributed by atoms with Crippen LogP contribution in [0.25, 0.3) is 6.08 Å². The third kappa shape index (κ3) is 2.92. The Balaban J connectivity index is 1.19. The molecule has 158 valence electrons. The van der Waals surface area contributed by atoms with E-state index in [1.165, 1.54) is 31.8 Å². The summed E-state index contributed by atoms with van der Waals surface area (Å²) in [5.41, 5.74) is 0.315. The molecule has 4 aliphatic rings. The zero-order chi connectivity index (χ0) is 20.9. The minimum Gasteiger partial charge on any atom is -0.328 e. The van der Waals surface area contributed by atoms with Crippen LogP contribution < -0.4 is 5.32 Å². The van der Waals surface area contributed by atoms with E-state index < -0.39 is 0 Å². The second kappa shape index (κ2) is 7.30. The normalized spacial score (nSPS) is 35.3. The number of rotatable bonds is 2. The van der Waals surface area contributed by atoms with Gasteiger partial charge in [0.15, 0.2) is 5.82 Å². The van der Waals surface area contributed by atoms with Crippen molar-refractivity contribution in [1.82, 2.24) is 19.5 Å². The molecule has 1 aliphatic heterocycles. The largest absolute Gasteiger partial charge is 0.328 e. The molecule has 3 fully saturated rings. The molecule has 0 saturated heterocycles. The first-order valence-electron chi connectivity index (χ1n) is 11.5. The Hall–Kier alpha value is -3.01. The highest BCUT2D eigenvalue weighted by Gasteiger charge is 2.52. The van der Waals surface area contributed by atoms with E-state index in [-0.39, 0.29) is 11.8 Å². The molecule has 7 nitrogen and oxygen atoms in total. The fourth-order valence-corrected chi connectivity index (χ4v) is 7.28. The van der Waals surface area contributed by atoms with Crippen molar-refractivity contribution >= 4 is 17.8 Å². The molecule has 7 heteroatoms. The molecule has 2 aromatic rings. The Morgan fingerprint density at radius 3 is 2.77 bits per heavy atom. The first-order chi connectivity index (χ1) is 15.2. The molecule has 6 rings (SSSR count). The molecule has 3 heterocycles. The zero-order valence-electron chi connectivity index (χ0n) is 17.4. The lowest BCUT2D eigenvalue weighted by Gasteiger charge is -2.51. The molecule has 1 amide bonds. The van der Waals surface area contributed by atoms with Crippen molar-refractivity contribution in [1.29, 1.82) is 5.26 Å². The first-order valence-corrected chi connectivity index (χ1v) is 11.5. The summed E-state index contributed by atoms with van der Waals surface area (Å²) >= 11 is 0. The van der Waals surface area contributed by atoms with Gasteiger partial charge in [0.25, 0.3) is 0 Å². The topological polar surface area (TPSA) is 96.5 Å². The van der Waals surface area contributed by atoms with Gasteiger partial charge in [0.2, 0.25) is 5.91 Å². The van der Waals surface area contributed by atoms with Crippen LogP contribution in [0, 0.1) is 46.8 Å². The number of nitriles is 1. The molecule has 3 saturated carbocycles. The van der Waals surface area contributed by atoms with E-state index in [4.69, 9.17) is 0 Å². The van der Waals surface area contributed by atoms with Gasteiger partial charge < -0.3 is 9.88 Å². The van der Waals surface area contributed by atoms with Gasteiger partial charge in [-0.15, -0.1) is 0 Å². The number of anilines is 1. The third-order valence-electron chi connectivity index (χ3n) is 8.48. The maximum atomic E-state index is 13.1. The minimum absolute atomic E-state index is 0.0207. The van der Waals surface area contributed by atoms with Crippen molar-refractivity contribution in [3.05, 3.63) is 42.4 Å². The number of hydrogen-bond acceptors (Lipinski definition) is 5. The summed E-state index contributed by atoms with van der Waals surface area (Å²) in [7, 11) is 0. The highest BCUT2D eigenvalue weighted by atomic mass is 16.2.